The number of carbonyl (C=O) groups excluding carboxylic acids is 1. The number of fused-ring (bicyclic) bond motifs is 1. The highest BCUT2D eigenvalue weighted by molar-refractivity contribution is 5.98. The van der Waals surface area contributed by atoms with E-state index in [4.69, 9.17) is 0 Å². The van der Waals surface area contributed by atoms with Crippen LogP contribution in [0.5, 0.6) is 5.75 Å². The van der Waals surface area contributed by atoms with Crippen molar-refractivity contribution in [2.24, 2.45) is 0 Å². The van der Waals surface area contributed by atoms with Crippen molar-refractivity contribution >= 4 is 5.78 Å². The zero-order valence-corrected chi connectivity index (χ0v) is 11.4. The van der Waals surface area contributed by atoms with Crippen LogP contribution in [0.2, 0.25) is 0 Å². The summed E-state index contributed by atoms with van der Waals surface area (Å²) >= 11 is 0. The summed E-state index contributed by atoms with van der Waals surface area (Å²) in [5, 5.41) is 13.1. The molecule has 2 aromatic rings. The number of rotatable bonds is 2. The molecule has 0 aliphatic carbocycles. The molecule has 0 atom stereocenters. The van der Waals surface area contributed by atoms with Crippen molar-refractivity contribution in [3.8, 4) is 16.9 Å². The summed E-state index contributed by atoms with van der Waals surface area (Å²) in [5.41, 5.74) is 5.19. The number of hydrogen-bond acceptors (Lipinski definition) is 3. The van der Waals surface area contributed by atoms with Crippen LogP contribution < -0.4 is 5.32 Å². The summed E-state index contributed by atoms with van der Waals surface area (Å²) < 4.78 is 0. The van der Waals surface area contributed by atoms with Gasteiger partial charge in [0.15, 0.2) is 5.78 Å². The third-order valence-electron chi connectivity index (χ3n) is 3.83. The number of aromatic hydroxyl groups is 1. The van der Waals surface area contributed by atoms with Crippen molar-refractivity contribution in [2.45, 2.75) is 19.9 Å². The molecule has 20 heavy (non-hydrogen) atoms. The fraction of sp³-hybridized carbons (Fsp3) is 0.235. The number of nitrogens with one attached hydrogen (secondary N) is 1. The van der Waals surface area contributed by atoms with Crippen LogP contribution in [0.1, 0.15) is 28.4 Å². The van der Waals surface area contributed by atoms with Crippen molar-refractivity contribution in [1.29, 1.82) is 0 Å². The molecule has 1 aliphatic heterocycles. The summed E-state index contributed by atoms with van der Waals surface area (Å²) in [6.07, 6.45) is 0.988. The lowest BCUT2D eigenvalue weighted by Gasteiger charge is -2.20. The van der Waals surface area contributed by atoms with Crippen LogP contribution in [0.25, 0.3) is 11.1 Å². The van der Waals surface area contributed by atoms with E-state index in [1.165, 1.54) is 18.1 Å². The smallest absolute Gasteiger partial charge is 0.163 e. The fourth-order valence-corrected chi connectivity index (χ4v) is 2.79. The van der Waals surface area contributed by atoms with Crippen molar-refractivity contribution < 1.29 is 9.90 Å². The fourth-order valence-electron chi connectivity index (χ4n) is 2.79. The standard InChI is InChI=1S/C17H17NO2/c1-11(19)16-9-12(5-6-17(16)20)14-4-2-3-13-10-18-8-7-15(13)14/h2-6,9,18,20H,7-8,10H2,1H3. The number of ketones is 1. The highest BCUT2D eigenvalue weighted by Gasteiger charge is 2.15. The van der Waals surface area contributed by atoms with Gasteiger partial charge in [-0.3, -0.25) is 4.79 Å². The Kier molecular flexibility index (Phi) is 3.28. The molecule has 1 heterocycles. The number of benzene rings is 2. The van der Waals surface area contributed by atoms with E-state index in [0.29, 0.717) is 5.56 Å². The van der Waals surface area contributed by atoms with Gasteiger partial charge in [-0.2, -0.15) is 0 Å². The third kappa shape index (κ3) is 2.21. The molecule has 3 heteroatoms. The second-order valence-electron chi connectivity index (χ2n) is 5.16. The van der Waals surface area contributed by atoms with Gasteiger partial charge >= 0.3 is 0 Å². The Morgan fingerprint density at radius 1 is 1.25 bits per heavy atom. The number of hydrogen-bond donors (Lipinski definition) is 2. The Morgan fingerprint density at radius 3 is 2.90 bits per heavy atom. The minimum atomic E-state index is -0.115. The van der Waals surface area contributed by atoms with Crippen molar-refractivity contribution in [3.63, 3.8) is 0 Å². The summed E-state index contributed by atoms with van der Waals surface area (Å²) in [6, 6.07) is 11.5. The first-order valence-corrected chi connectivity index (χ1v) is 6.82. The monoisotopic (exact) mass is 267 g/mol. The zero-order chi connectivity index (χ0) is 14.1. The van der Waals surface area contributed by atoms with Crippen molar-refractivity contribution in [2.75, 3.05) is 6.54 Å². The molecule has 1 aliphatic rings. The molecule has 0 amide bonds. The molecule has 3 nitrogen and oxygen atoms in total. The summed E-state index contributed by atoms with van der Waals surface area (Å²) in [7, 11) is 0. The summed E-state index contributed by atoms with van der Waals surface area (Å²) in [6.45, 7) is 3.34. The second kappa shape index (κ2) is 5.10. The van der Waals surface area contributed by atoms with E-state index < -0.39 is 0 Å². The molecule has 0 unspecified atom stereocenters. The minimum absolute atomic E-state index is 0.0488. The maximum atomic E-state index is 11.6. The van der Waals surface area contributed by atoms with Crippen LogP contribution in [0, 0.1) is 0 Å². The number of phenols is 1. The largest absolute Gasteiger partial charge is 0.507 e. The molecular weight excluding hydrogens is 250 g/mol. The van der Waals surface area contributed by atoms with E-state index in [1.807, 2.05) is 12.1 Å². The first-order valence-electron chi connectivity index (χ1n) is 6.82. The van der Waals surface area contributed by atoms with Crippen LogP contribution in [0.15, 0.2) is 36.4 Å². The Morgan fingerprint density at radius 2 is 2.10 bits per heavy atom. The predicted molar refractivity (Wildman–Crippen MR) is 79.0 cm³/mol. The highest BCUT2D eigenvalue weighted by Crippen LogP contribution is 2.31. The SMILES string of the molecule is CC(=O)c1cc(-c2cccc3c2CCNC3)ccc1O. The van der Waals surface area contributed by atoms with Crippen LogP contribution in [0.3, 0.4) is 0 Å². The molecule has 0 saturated carbocycles. The topological polar surface area (TPSA) is 49.3 Å². The zero-order valence-electron chi connectivity index (χ0n) is 11.4. The predicted octanol–water partition coefficient (Wildman–Crippen LogP) is 2.91. The van der Waals surface area contributed by atoms with Gasteiger partial charge in [-0.25, -0.2) is 0 Å². The summed E-state index contributed by atoms with van der Waals surface area (Å²) in [5.74, 6) is -0.0662. The van der Waals surface area contributed by atoms with E-state index in [1.54, 1.807) is 12.1 Å². The normalized spacial score (nSPS) is 13.8. The molecule has 102 valence electrons. The number of phenolic OH excluding ortho intramolecular Hbond substituents is 1. The molecule has 0 saturated heterocycles. The molecule has 3 rings (SSSR count). The van der Waals surface area contributed by atoms with E-state index in [-0.39, 0.29) is 11.5 Å². The van der Waals surface area contributed by atoms with Gasteiger partial charge in [0, 0.05) is 6.54 Å². The van der Waals surface area contributed by atoms with E-state index in [2.05, 4.69) is 17.4 Å². The lowest BCUT2D eigenvalue weighted by atomic mass is 9.90. The lowest BCUT2D eigenvalue weighted by molar-refractivity contribution is 0.101. The van der Waals surface area contributed by atoms with Gasteiger partial charge in [-0.05, 0) is 54.3 Å². The first-order chi connectivity index (χ1) is 9.66. The van der Waals surface area contributed by atoms with Gasteiger partial charge in [0.2, 0.25) is 0 Å². The van der Waals surface area contributed by atoms with Crippen LogP contribution >= 0.6 is 0 Å². The maximum Gasteiger partial charge on any atom is 0.163 e. The van der Waals surface area contributed by atoms with Gasteiger partial charge < -0.3 is 10.4 Å². The Balaban J connectivity index is 2.14. The average molecular weight is 267 g/mol. The van der Waals surface area contributed by atoms with Crippen molar-refractivity contribution in [1.82, 2.24) is 5.32 Å². The molecule has 2 aromatic carbocycles. The van der Waals surface area contributed by atoms with Crippen LogP contribution in [-0.4, -0.2) is 17.4 Å². The molecule has 2 N–H and O–H groups in total. The van der Waals surface area contributed by atoms with Gasteiger partial charge in [-0.15, -0.1) is 0 Å². The lowest BCUT2D eigenvalue weighted by Crippen LogP contribution is -2.24. The van der Waals surface area contributed by atoms with E-state index in [0.717, 1.165) is 30.6 Å². The summed E-state index contributed by atoms with van der Waals surface area (Å²) in [4.78, 5) is 11.6. The molecule has 0 fully saturated rings. The van der Waals surface area contributed by atoms with Crippen LogP contribution in [-0.2, 0) is 13.0 Å². The first kappa shape index (κ1) is 12.9. The molecule has 0 aromatic heterocycles. The van der Waals surface area contributed by atoms with Crippen LogP contribution in [0.4, 0.5) is 0 Å². The van der Waals surface area contributed by atoms with Gasteiger partial charge in [-0.1, -0.05) is 24.3 Å². The van der Waals surface area contributed by atoms with Gasteiger partial charge in [0.25, 0.3) is 0 Å². The van der Waals surface area contributed by atoms with Crippen molar-refractivity contribution in [3.05, 3.63) is 53.1 Å². The number of carbonyl (C=O) groups is 1. The van der Waals surface area contributed by atoms with Gasteiger partial charge in [0.05, 0.1) is 5.56 Å². The molecule has 0 bridgehead atoms. The van der Waals surface area contributed by atoms with Gasteiger partial charge in [0.1, 0.15) is 5.75 Å². The Labute approximate surface area is 118 Å². The molecule has 0 spiro atoms. The second-order valence-corrected chi connectivity index (χ2v) is 5.16. The van der Waals surface area contributed by atoms with E-state index >= 15 is 0 Å². The minimum Gasteiger partial charge on any atom is -0.507 e. The average Bonchev–Trinajstić information content (AvgIpc) is 2.47. The number of Topliss-reactive ketones (excluding diaryl/α,β-unsaturated/α-hetero) is 1. The quantitative estimate of drug-likeness (QED) is 0.823. The van der Waals surface area contributed by atoms with E-state index in [9.17, 15) is 9.90 Å². The molecular formula is C17H17NO2. The maximum absolute atomic E-state index is 11.6. The Hall–Kier alpha value is -2.13. The third-order valence-corrected chi connectivity index (χ3v) is 3.83. The Bertz CT molecular complexity index is 677. The highest BCUT2D eigenvalue weighted by atomic mass is 16.3. The molecule has 0 radical (unpaired) electrons.